The van der Waals surface area contributed by atoms with E-state index in [0.29, 0.717) is 11.8 Å². The van der Waals surface area contributed by atoms with Crippen LogP contribution in [0.1, 0.15) is 53.4 Å². The van der Waals surface area contributed by atoms with Crippen LogP contribution in [-0.2, 0) is 4.79 Å². The minimum atomic E-state index is 0.136. The quantitative estimate of drug-likeness (QED) is 0.821. The fraction of sp³-hybridized carbons (Fsp3) is 0.938. The Kier molecular flexibility index (Phi) is 3.97. The van der Waals surface area contributed by atoms with Crippen LogP contribution < -0.4 is 11.1 Å². The smallest absolute Gasteiger partial charge is 0.224 e. The van der Waals surface area contributed by atoms with Crippen molar-refractivity contribution in [3.63, 3.8) is 0 Å². The summed E-state index contributed by atoms with van der Waals surface area (Å²) in [4.78, 5) is 12.3. The number of nitrogens with one attached hydrogen (secondary N) is 1. The molecule has 3 N–H and O–H groups in total. The summed E-state index contributed by atoms with van der Waals surface area (Å²) in [5, 5.41) is 3.20. The molecule has 0 radical (unpaired) electrons. The summed E-state index contributed by atoms with van der Waals surface area (Å²) < 4.78 is 0. The first-order valence-electron chi connectivity index (χ1n) is 7.80. The average Bonchev–Trinajstić information content (AvgIpc) is 2.77. The Bertz CT molecular complexity index is 335. The number of hydrogen-bond acceptors (Lipinski definition) is 2. The van der Waals surface area contributed by atoms with Crippen LogP contribution in [0.4, 0.5) is 0 Å². The highest BCUT2D eigenvalue weighted by Crippen LogP contribution is 2.68. The molecule has 0 aromatic carbocycles. The third-order valence-corrected chi connectivity index (χ3v) is 6.19. The van der Waals surface area contributed by atoms with Gasteiger partial charge in [0, 0.05) is 12.5 Å². The predicted octanol–water partition coefficient (Wildman–Crippen LogP) is 2.55. The molecular weight excluding hydrogens is 236 g/mol. The maximum absolute atomic E-state index is 12.3. The van der Waals surface area contributed by atoms with E-state index in [1.165, 1.54) is 25.7 Å². The number of amides is 1. The Morgan fingerprint density at radius 3 is 2.11 bits per heavy atom. The molecule has 0 saturated heterocycles. The number of carbonyl (C=O) groups excluding carboxylic acids is 1. The van der Waals surface area contributed by atoms with Gasteiger partial charge in [-0.05, 0) is 42.1 Å². The fourth-order valence-electron chi connectivity index (χ4n) is 4.05. The molecule has 2 unspecified atom stereocenters. The molecule has 2 fully saturated rings. The first kappa shape index (κ1) is 14.8. The van der Waals surface area contributed by atoms with E-state index in [0.717, 1.165) is 13.1 Å². The molecule has 3 nitrogen and oxygen atoms in total. The van der Waals surface area contributed by atoms with Crippen molar-refractivity contribution >= 4 is 5.91 Å². The average molecular weight is 266 g/mol. The van der Waals surface area contributed by atoms with Gasteiger partial charge in [-0.15, -0.1) is 0 Å². The summed E-state index contributed by atoms with van der Waals surface area (Å²) in [6.07, 6.45) is 5.05. The molecule has 2 saturated carbocycles. The molecule has 110 valence electrons. The first-order valence-corrected chi connectivity index (χ1v) is 7.80. The minimum absolute atomic E-state index is 0.136. The topological polar surface area (TPSA) is 55.1 Å². The Balaban J connectivity index is 1.84. The van der Waals surface area contributed by atoms with Gasteiger partial charge in [0.25, 0.3) is 0 Å². The molecule has 2 rings (SSSR count). The SMILES string of the molecule is CC1(C)C(C(=O)NCC2CCCCC2CN)C1(C)C. The van der Waals surface area contributed by atoms with Crippen molar-refractivity contribution in [2.24, 2.45) is 34.3 Å². The Labute approximate surface area is 117 Å². The lowest BCUT2D eigenvalue weighted by atomic mass is 9.79. The third-order valence-electron chi connectivity index (χ3n) is 6.19. The molecule has 0 aromatic heterocycles. The van der Waals surface area contributed by atoms with Crippen LogP contribution in [0.25, 0.3) is 0 Å². The predicted molar refractivity (Wildman–Crippen MR) is 78.6 cm³/mol. The third kappa shape index (κ3) is 2.54. The van der Waals surface area contributed by atoms with E-state index in [2.05, 4.69) is 33.0 Å². The lowest BCUT2D eigenvalue weighted by molar-refractivity contribution is -0.123. The number of hydrogen-bond donors (Lipinski definition) is 2. The van der Waals surface area contributed by atoms with Gasteiger partial charge >= 0.3 is 0 Å². The van der Waals surface area contributed by atoms with E-state index in [1.807, 2.05) is 0 Å². The van der Waals surface area contributed by atoms with Crippen LogP contribution in [0.15, 0.2) is 0 Å². The van der Waals surface area contributed by atoms with Gasteiger partial charge in [0.2, 0.25) is 5.91 Å². The van der Waals surface area contributed by atoms with Gasteiger partial charge in [-0.1, -0.05) is 40.5 Å². The molecule has 2 aliphatic carbocycles. The molecule has 2 aliphatic rings. The van der Waals surface area contributed by atoms with E-state index in [4.69, 9.17) is 5.73 Å². The second-order valence-electron chi connectivity index (χ2n) is 7.66. The van der Waals surface area contributed by atoms with E-state index < -0.39 is 0 Å². The van der Waals surface area contributed by atoms with Crippen LogP contribution >= 0.6 is 0 Å². The zero-order valence-electron chi connectivity index (χ0n) is 13.0. The number of carbonyl (C=O) groups is 1. The largest absolute Gasteiger partial charge is 0.356 e. The van der Waals surface area contributed by atoms with Crippen molar-refractivity contribution in [1.29, 1.82) is 0 Å². The lowest BCUT2D eigenvalue weighted by Crippen LogP contribution is -2.38. The molecule has 0 aliphatic heterocycles. The minimum Gasteiger partial charge on any atom is -0.356 e. The molecule has 0 heterocycles. The zero-order valence-corrected chi connectivity index (χ0v) is 13.0. The fourth-order valence-corrected chi connectivity index (χ4v) is 4.05. The van der Waals surface area contributed by atoms with Gasteiger partial charge in [0.05, 0.1) is 0 Å². The van der Waals surface area contributed by atoms with Crippen molar-refractivity contribution < 1.29 is 4.79 Å². The van der Waals surface area contributed by atoms with Gasteiger partial charge in [0.15, 0.2) is 0 Å². The summed E-state index contributed by atoms with van der Waals surface area (Å²) in [7, 11) is 0. The van der Waals surface area contributed by atoms with Gasteiger partial charge in [0.1, 0.15) is 0 Å². The van der Waals surface area contributed by atoms with E-state index >= 15 is 0 Å². The second kappa shape index (κ2) is 5.08. The van der Waals surface area contributed by atoms with Crippen LogP contribution in [-0.4, -0.2) is 19.0 Å². The maximum Gasteiger partial charge on any atom is 0.224 e. The number of nitrogens with two attached hydrogens (primary N) is 1. The van der Waals surface area contributed by atoms with Crippen LogP contribution in [0.5, 0.6) is 0 Å². The molecule has 0 aromatic rings. The van der Waals surface area contributed by atoms with E-state index in [-0.39, 0.29) is 22.7 Å². The van der Waals surface area contributed by atoms with Crippen LogP contribution in [0.3, 0.4) is 0 Å². The molecule has 19 heavy (non-hydrogen) atoms. The van der Waals surface area contributed by atoms with Gasteiger partial charge in [-0.3, -0.25) is 4.79 Å². The standard InChI is InChI=1S/C16H30N2O/c1-15(2)13(16(15,3)4)14(19)18-10-12-8-6-5-7-11(12)9-17/h11-13H,5-10,17H2,1-4H3,(H,18,19). The summed E-state index contributed by atoms with van der Waals surface area (Å²) >= 11 is 0. The monoisotopic (exact) mass is 266 g/mol. The summed E-state index contributed by atoms with van der Waals surface area (Å²) in [6, 6.07) is 0. The highest BCUT2D eigenvalue weighted by molar-refractivity contribution is 5.84. The van der Waals surface area contributed by atoms with Crippen LogP contribution in [0.2, 0.25) is 0 Å². The van der Waals surface area contributed by atoms with E-state index in [1.54, 1.807) is 0 Å². The summed E-state index contributed by atoms with van der Waals surface area (Å²) in [5.41, 5.74) is 6.12. The lowest BCUT2D eigenvalue weighted by Gasteiger charge is -2.30. The van der Waals surface area contributed by atoms with Gasteiger partial charge < -0.3 is 11.1 Å². The molecule has 3 heteroatoms. The molecule has 2 atom stereocenters. The number of rotatable bonds is 4. The maximum atomic E-state index is 12.3. The summed E-state index contributed by atoms with van der Waals surface area (Å²) in [6.45, 7) is 10.4. The highest BCUT2D eigenvalue weighted by atomic mass is 16.2. The van der Waals surface area contributed by atoms with Crippen molar-refractivity contribution in [2.75, 3.05) is 13.1 Å². The summed E-state index contributed by atoms with van der Waals surface area (Å²) in [5.74, 6) is 1.61. The Morgan fingerprint density at radius 1 is 1.11 bits per heavy atom. The first-order chi connectivity index (χ1) is 8.82. The molecule has 0 spiro atoms. The Hall–Kier alpha value is -0.570. The van der Waals surface area contributed by atoms with Crippen LogP contribution in [0, 0.1) is 28.6 Å². The Morgan fingerprint density at radius 2 is 1.63 bits per heavy atom. The van der Waals surface area contributed by atoms with Gasteiger partial charge in [-0.2, -0.15) is 0 Å². The zero-order chi connectivity index (χ0) is 14.3. The van der Waals surface area contributed by atoms with E-state index in [9.17, 15) is 4.79 Å². The second-order valence-corrected chi connectivity index (χ2v) is 7.66. The van der Waals surface area contributed by atoms with Gasteiger partial charge in [-0.25, -0.2) is 0 Å². The normalized spacial score (nSPS) is 32.9. The molecule has 1 amide bonds. The van der Waals surface area contributed by atoms with Crippen molar-refractivity contribution in [2.45, 2.75) is 53.4 Å². The molecule has 0 bridgehead atoms. The van der Waals surface area contributed by atoms with Crippen molar-refractivity contribution in [3.8, 4) is 0 Å². The van der Waals surface area contributed by atoms with Crippen molar-refractivity contribution in [3.05, 3.63) is 0 Å². The highest BCUT2D eigenvalue weighted by Gasteiger charge is 2.68. The van der Waals surface area contributed by atoms with Crippen molar-refractivity contribution in [1.82, 2.24) is 5.32 Å². The molecular formula is C16H30N2O.